The number of hydrogen-bond acceptors (Lipinski definition) is 9. The number of anilines is 3. The lowest BCUT2D eigenvalue weighted by atomic mass is 10.1. The van der Waals surface area contributed by atoms with E-state index in [1.54, 1.807) is 12.1 Å². The average molecular weight is 524 g/mol. The number of nitrogens with two attached hydrogens (primary N) is 1. The molecule has 0 aliphatic carbocycles. The molecule has 9 nitrogen and oxygen atoms in total. The van der Waals surface area contributed by atoms with Crippen molar-refractivity contribution in [1.29, 1.82) is 0 Å². The Hall–Kier alpha value is -3.87. The van der Waals surface area contributed by atoms with Gasteiger partial charge in [0.05, 0.1) is 24.0 Å². The van der Waals surface area contributed by atoms with Crippen molar-refractivity contribution in [3.05, 3.63) is 54.4 Å². The van der Waals surface area contributed by atoms with E-state index in [4.69, 9.17) is 10.5 Å². The molecule has 4 fully saturated rings. The van der Waals surface area contributed by atoms with E-state index in [-0.39, 0.29) is 5.75 Å². The number of aromatic nitrogens is 3. The van der Waals surface area contributed by atoms with E-state index in [0.717, 1.165) is 63.6 Å². The highest BCUT2D eigenvalue weighted by Crippen LogP contribution is 2.39. The molecular weight excluding hydrogens is 490 g/mol. The molecule has 6 heterocycles. The molecule has 2 bridgehead atoms. The average Bonchev–Trinajstić information content (AvgIpc) is 3.61. The van der Waals surface area contributed by atoms with Crippen molar-refractivity contribution >= 4 is 17.2 Å². The molecule has 3 aromatic rings. The van der Waals surface area contributed by atoms with E-state index in [2.05, 4.69) is 53.9 Å². The first-order valence-electron chi connectivity index (χ1n) is 13.9. The van der Waals surface area contributed by atoms with Gasteiger partial charge in [-0.25, -0.2) is 4.98 Å². The molecular formula is C30H33N7O2. The largest absolute Gasteiger partial charge is 0.507 e. The van der Waals surface area contributed by atoms with Crippen LogP contribution in [-0.4, -0.2) is 82.7 Å². The summed E-state index contributed by atoms with van der Waals surface area (Å²) < 4.78 is 5.82. The van der Waals surface area contributed by atoms with Crippen molar-refractivity contribution in [3.63, 3.8) is 0 Å². The smallest absolute Gasteiger partial charge is 0.169 e. The summed E-state index contributed by atoms with van der Waals surface area (Å²) in [5.74, 6) is 7.92. The highest BCUT2D eigenvalue weighted by molar-refractivity contribution is 5.74. The second-order valence-electron chi connectivity index (χ2n) is 11.1. The van der Waals surface area contributed by atoms with E-state index in [0.29, 0.717) is 41.2 Å². The van der Waals surface area contributed by atoms with E-state index < -0.39 is 0 Å². The topological polar surface area (TPSA) is 104 Å². The highest BCUT2D eigenvalue weighted by atomic mass is 16.5. The van der Waals surface area contributed by atoms with Gasteiger partial charge in [0.2, 0.25) is 0 Å². The molecule has 0 saturated carbocycles. The van der Waals surface area contributed by atoms with Gasteiger partial charge in [0.1, 0.15) is 11.4 Å². The fraction of sp³-hybridized carbons (Fsp3) is 0.433. The minimum atomic E-state index is 0.181. The minimum Gasteiger partial charge on any atom is -0.507 e. The molecule has 3 N–H and O–H groups in total. The number of fused-ring (bicyclic) bond motifs is 3. The van der Waals surface area contributed by atoms with Gasteiger partial charge in [-0.15, -0.1) is 10.2 Å². The molecule has 1 aromatic carbocycles. The van der Waals surface area contributed by atoms with Crippen LogP contribution in [0.25, 0.3) is 11.3 Å². The van der Waals surface area contributed by atoms with Gasteiger partial charge < -0.3 is 25.4 Å². The number of rotatable bonds is 4. The Morgan fingerprint density at radius 1 is 1.00 bits per heavy atom. The molecule has 4 aliphatic heterocycles. The fourth-order valence-corrected chi connectivity index (χ4v) is 6.77. The third kappa shape index (κ3) is 4.64. The van der Waals surface area contributed by atoms with Crippen LogP contribution >= 0.6 is 0 Å². The van der Waals surface area contributed by atoms with Crippen LogP contribution in [0, 0.1) is 17.8 Å². The van der Waals surface area contributed by atoms with E-state index >= 15 is 0 Å². The summed E-state index contributed by atoms with van der Waals surface area (Å²) in [5.41, 5.74) is 10.5. The molecule has 2 unspecified atom stereocenters. The Kier molecular flexibility index (Phi) is 6.22. The van der Waals surface area contributed by atoms with Gasteiger partial charge in [-0.1, -0.05) is 18.1 Å². The quantitative estimate of drug-likeness (QED) is 0.500. The Morgan fingerprint density at radius 2 is 1.85 bits per heavy atom. The van der Waals surface area contributed by atoms with Crippen molar-refractivity contribution in [2.24, 2.45) is 5.92 Å². The predicted octanol–water partition coefficient (Wildman–Crippen LogP) is 2.76. The zero-order chi connectivity index (χ0) is 26.3. The monoisotopic (exact) mass is 523 g/mol. The van der Waals surface area contributed by atoms with Crippen molar-refractivity contribution in [2.75, 3.05) is 54.9 Å². The van der Waals surface area contributed by atoms with Gasteiger partial charge in [-0.3, -0.25) is 4.90 Å². The zero-order valence-corrected chi connectivity index (χ0v) is 21.9. The van der Waals surface area contributed by atoms with Gasteiger partial charge >= 0.3 is 0 Å². The van der Waals surface area contributed by atoms with Gasteiger partial charge in [-0.2, -0.15) is 0 Å². The van der Waals surface area contributed by atoms with Gasteiger partial charge in [0, 0.05) is 68.2 Å². The summed E-state index contributed by atoms with van der Waals surface area (Å²) in [5, 5.41) is 18.8. The van der Waals surface area contributed by atoms with Crippen LogP contribution in [0.5, 0.6) is 5.75 Å². The summed E-state index contributed by atoms with van der Waals surface area (Å²) in [6.45, 7) is 5.44. The normalized spacial score (nSPS) is 25.9. The maximum Gasteiger partial charge on any atom is 0.169 e. The van der Waals surface area contributed by atoms with E-state index in [1.807, 2.05) is 24.4 Å². The Balaban J connectivity index is 1.06. The van der Waals surface area contributed by atoms with Crippen molar-refractivity contribution in [3.8, 4) is 28.8 Å². The predicted molar refractivity (Wildman–Crippen MR) is 150 cm³/mol. The van der Waals surface area contributed by atoms with Crippen molar-refractivity contribution in [1.82, 2.24) is 20.1 Å². The van der Waals surface area contributed by atoms with Gasteiger partial charge in [0.15, 0.2) is 5.82 Å². The number of benzene rings is 1. The number of pyridine rings is 1. The number of nitrogens with zero attached hydrogens (tertiary/aromatic N) is 6. The Morgan fingerprint density at radius 3 is 2.67 bits per heavy atom. The van der Waals surface area contributed by atoms with Crippen LogP contribution in [0.15, 0.2) is 48.7 Å². The molecule has 9 heteroatoms. The SMILES string of the molecule is Nc1nnc(-c2ccccc2O)cc1N1CC2CCC(C1)N2c1ccnc(C#CCN2C[C@H]3CCO[C@H]3C2)c1. The highest BCUT2D eigenvalue weighted by Gasteiger charge is 2.41. The first kappa shape index (κ1) is 24.2. The molecule has 200 valence electrons. The number of nitrogen functional groups attached to an aromatic ring is 1. The van der Waals surface area contributed by atoms with E-state index in [9.17, 15) is 5.11 Å². The number of phenols is 1. The molecule has 0 amide bonds. The van der Waals surface area contributed by atoms with Crippen LogP contribution in [0.3, 0.4) is 0 Å². The summed E-state index contributed by atoms with van der Waals surface area (Å²) in [7, 11) is 0. The summed E-state index contributed by atoms with van der Waals surface area (Å²) in [4.78, 5) is 11.8. The molecule has 39 heavy (non-hydrogen) atoms. The maximum absolute atomic E-state index is 10.3. The number of hydrogen-bond donors (Lipinski definition) is 2. The Labute approximate surface area is 228 Å². The first-order chi connectivity index (χ1) is 19.1. The molecule has 4 saturated heterocycles. The summed E-state index contributed by atoms with van der Waals surface area (Å²) in [6, 6.07) is 14.1. The lowest BCUT2D eigenvalue weighted by Gasteiger charge is -2.43. The number of piperazine rings is 1. The maximum atomic E-state index is 10.3. The Bertz CT molecular complexity index is 1410. The van der Waals surface area contributed by atoms with Crippen molar-refractivity contribution in [2.45, 2.75) is 37.5 Å². The third-order valence-electron chi connectivity index (χ3n) is 8.64. The molecule has 7 rings (SSSR count). The fourth-order valence-electron chi connectivity index (χ4n) is 6.77. The molecule has 2 aromatic heterocycles. The number of phenolic OH excluding ortho intramolecular Hbond substituents is 1. The summed E-state index contributed by atoms with van der Waals surface area (Å²) in [6.07, 6.45) is 5.69. The lowest BCUT2D eigenvalue weighted by molar-refractivity contribution is 0.101. The van der Waals surface area contributed by atoms with Crippen LogP contribution in [0.4, 0.5) is 17.2 Å². The van der Waals surface area contributed by atoms with Crippen LogP contribution in [0.2, 0.25) is 0 Å². The van der Waals surface area contributed by atoms with Gasteiger partial charge in [0.25, 0.3) is 0 Å². The summed E-state index contributed by atoms with van der Waals surface area (Å²) >= 11 is 0. The zero-order valence-electron chi connectivity index (χ0n) is 21.9. The lowest BCUT2D eigenvalue weighted by Crippen LogP contribution is -2.54. The standard InChI is InChI=1S/C30H33N7O2/c31-30-27(15-26(33-34-30)25-5-1-2-6-28(25)38)36-17-23-7-8-24(18-36)37(23)22-9-11-32-21(14-22)4-3-12-35-16-20-10-13-39-29(20)19-35/h1-2,5-6,9,11,14-15,20,23-24,29,38H,7-8,10,12-13,16-19H2,(H2,31,34)/t20-,23?,24?,29+/m1/s1. The number of aromatic hydroxyl groups is 1. The minimum absolute atomic E-state index is 0.181. The van der Waals surface area contributed by atoms with Gasteiger partial charge in [-0.05, 0) is 55.5 Å². The van der Waals surface area contributed by atoms with E-state index in [1.165, 1.54) is 12.1 Å². The molecule has 0 spiro atoms. The second kappa shape index (κ2) is 10.0. The molecule has 4 atom stereocenters. The molecule has 0 radical (unpaired) electrons. The second-order valence-corrected chi connectivity index (χ2v) is 11.1. The van der Waals surface area contributed by atoms with Crippen LogP contribution < -0.4 is 15.5 Å². The third-order valence-corrected chi connectivity index (χ3v) is 8.64. The number of para-hydroxylation sites is 1. The number of likely N-dealkylation sites (tertiary alicyclic amines) is 1. The van der Waals surface area contributed by atoms with Crippen LogP contribution in [0.1, 0.15) is 25.0 Å². The van der Waals surface area contributed by atoms with Crippen LogP contribution in [-0.2, 0) is 4.74 Å². The number of ether oxygens (including phenoxy) is 1. The van der Waals surface area contributed by atoms with Crippen molar-refractivity contribution < 1.29 is 9.84 Å². The first-order valence-corrected chi connectivity index (χ1v) is 13.9. The molecule has 4 aliphatic rings.